The van der Waals surface area contributed by atoms with E-state index >= 15 is 0 Å². The summed E-state index contributed by atoms with van der Waals surface area (Å²) in [6, 6.07) is 8.41. The first kappa shape index (κ1) is 18.1. The van der Waals surface area contributed by atoms with Gasteiger partial charge < -0.3 is 0 Å². The normalized spacial score (nSPS) is 10.9. The van der Waals surface area contributed by atoms with E-state index in [0.717, 1.165) is 11.1 Å². The van der Waals surface area contributed by atoms with E-state index in [1.54, 1.807) is 36.7 Å². The lowest BCUT2D eigenvalue weighted by Crippen LogP contribution is -1.90. The van der Waals surface area contributed by atoms with Gasteiger partial charge in [-0.2, -0.15) is 0 Å². The second-order valence-electron chi connectivity index (χ2n) is 4.91. The molecule has 0 aliphatic rings. The topological polar surface area (TPSA) is 12.9 Å². The van der Waals surface area contributed by atoms with Crippen molar-refractivity contribution < 1.29 is 0 Å². The highest BCUT2D eigenvalue weighted by atomic mass is 35.5. The van der Waals surface area contributed by atoms with Crippen molar-refractivity contribution in [1.82, 2.24) is 4.98 Å². The minimum atomic E-state index is 0.378. The second kappa shape index (κ2) is 7.29. The van der Waals surface area contributed by atoms with Crippen LogP contribution in [0.5, 0.6) is 0 Å². The first-order valence-electron chi connectivity index (χ1n) is 6.62. The van der Waals surface area contributed by atoms with Crippen LogP contribution >= 0.6 is 69.6 Å². The maximum Gasteiger partial charge on any atom is 0.0607 e. The Hall–Kier alpha value is -0.670. The molecule has 0 amide bonds. The largest absolute Gasteiger partial charge is 0.264 e. The van der Waals surface area contributed by atoms with Crippen molar-refractivity contribution in [3.05, 3.63) is 72.9 Å². The molecule has 0 atom stereocenters. The maximum absolute atomic E-state index is 6.35. The minimum Gasteiger partial charge on any atom is -0.264 e. The molecule has 0 N–H and O–H groups in total. The lowest BCUT2D eigenvalue weighted by Gasteiger charge is -2.14. The van der Waals surface area contributed by atoms with Gasteiger partial charge in [0, 0.05) is 29.1 Å². The zero-order valence-corrected chi connectivity index (χ0v) is 16.3. The molecule has 0 fully saturated rings. The van der Waals surface area contributed by atoms with Crippen LogP contribution in [0, 0.1) is 0 Å². The molecule has 0 saturated carbocycles. The molecule has 7 heteroatoms. The van der Waals surface area contributed by atoms with E-state index in [1.807, 2.05) is 6.07 Å². The van der Waals surface area contributed by atoms with Crippen LogP contribution in [0.1, 0.15) is 0 Å². The SMILES string of the molecule is Clc1cc(Cl)c(-c2ccncc2-c2cc(Cl)c(Cl)cc2Cl)cc1Cl. The standard InChI is InChI=1S/C17H7Cl6N/c18-12-5-16(22)14(20)3-9(12)8-1-2-24-7-11(8)10-4-15(21)17(23)6-13(10)19/h1-7H. The van der Waals surface area contributed by atoms with Crippen molar-refractivity contribution in [2.24, 2.45) is 0 Å². The molecular formula is C17H7Cl6N. The summed E-state index contributed by atoms with van der Waals surface area (Å²) in [6.45, 7) is 0. The Morgan fingerprint density at radius 2 is 0.958 bits per heavy atom. The van der Waals surface area contributed by atoms with Crippen molar-refractivity contribution in [3.8, 4) is 22.3 Å². The van der Waals surface area contributed by atoms with E-state index < -0.39 is 0 Å². The molecule has 0 radical (unpaired) electrons. The van der Waals surface area contributed by atoms with Gasteiger partial charge in [-0.3, -0.25) is 4.98 Å². The van der Waals surface area contributed by atoms with Crippen molar-refractivity contribution in [1.29, 1.82) is 0 Å². The van der Waals surface area contributed by atoms with Gasteiger partial charge in [0.05, 0.1) is 30.1 Å². The Bertz CT molecular complexity index is 862. The van der Waals surface area contributed by atoms with Crippen LogP contribution in [0.25, 0.3) is 22.3 Å². The van der Waals surface area contributed by atoms with Gasteiger partial charge in [0.2, 0.25) is 0 Å². The molecule has 1 nitrogen and oxygen atoms in total. The number of hydrogen-bond acceptors (Lipinski definition) is 1. The molecule has 122 valence electrons. The average Bonchev–Trinajstić information content (AvgIpc) is 2.54. The molecular weight excluding hydrogens is 431 g/mol. The summed E-state index contributed by atoms with van der Waals surface area (Å²) in [5.41, 5.74) is 2.96. The summed E-state index contributed by atoms with van der Waals surface area (Å²) in [5.74, 6) is 0. The molecule has 0 saturated heterocycles. The van der Waals surface area contributed by atoms with E-state index in [-0.39, 0.29) is 0 Å². The summed E-state index contributed by atoms with van der Waals surface area (Å²) in [4.78, 5) is 4.17. The Kier molecular flexibility index (Phi) is 5.51. The van der Waals surface area contributed by atoms with Crippen LogP contribution in [-0.4, -0.2) is 4.98 Å². The molecule has 3 rings (SSSR count). The fraction of sp³-hybridized carbons (Fsp3) is 0. The Labute approximate surface area is 169 Å². The van der Waals surface area contributed by atoms with E-state index in [9.17, 15) is 0 Å². The van der Waals surface area contributed by atoms with Gasteiger partial charge in [0.25, 0.3) is 0 Å². The zero-order valence-electron chi connectivity index (χ0n) is 11.8. The summed E-state index contributed by atoms with van der Waals surface area (Å²) in [5, 5.41) is 2.48. The number of halogens is 6. The fourth-order valence-corrected chi connectivity index (χ4v) is 3.60. The molecule has 0 aliphatic heterocycles. The van der Waals surface area contributed by atoms with Crippen molar-refractivity contribution >= 4 is 69.6 Å². The van der Waals surface area contributed by atoms with E-state index in [4.69, 9.17) is 69.6 Å². The van der Waals surface area contributed by atoms with Gasteiger partial charge in [-0.25, -0.2) is 0 Å². The third-order valence-electron chi connectivity index (χ3n) is 3.42. The first-order valence-corrected chi connectivity index (χ1v) is 8.89. The van der Waals surface area contributed by atoms with Crippen LogP contribution in [0.15, 0.2) is 42.7 Å². The highest BCUT2D eigenvalue weighted by molar-refractivity contribution is 6.45. The van der Waals surface area contributed by atoms with Crippen LogP contribution in [0.4, 0.5) is 0 Å². The monoisotopic (exact) mass is 435 g/mol. The number of aromatic nitrogens is 1. The van der Waals surface area contributed by atoms with Gasteiger partial charge in [0.15, 0.2) is 0 Å². The first-order chi connectivity index (χ1) is 11.4. The van der Waals surface area contributed by atoms with Crippen molar-refractivity contribution in [2.75, 3.05) is 0 Å². The lowest BCUT2D eigenvalue weighted by molar-refractivity contribution is 1.33. The minimum absolute atomic E-state index is 0.378. The molecule has 2 aromatic carbocycles. The molecule has 1 aromatic heterocycles. The number of nitrogens with zero attached hydrogens (tertiary/aromatic N) is 1. The molecule has 0 bridgehead atoms. The number of benzene rings is 2. The fourth-order valence-electron chi connectivity index (χ4n) is 2.30. The van der Waals surface area contributed by atoms with Gasteiger partial charge in [-0.15, -0.1) is 0 Å². The smallest absolute Gasteiger partial charge is 0.0607 e. The predicted octanol–water partition coefficient (Wildman–Crippen LogP) is 8.34. The second-order valence-corrected chi connectivity index (χ2v) is 7.36. The summed E-state index contributed by atoms with van der Waals surface area (Å²) >= 11 is 37.0. The molecule has 0 unspecified atom stereocenters. The van der Waals surface area contributed by atoms with E-state index in [0.29, 0.717) is 41.3 Å². The van der Waals surface area contributed by atoms with Crippen LogP contribution in [-0.2, 0) is 0 Å². The van der Waals surface area contributed by atoms with Crippen molar-refractivity contribution in [2.45, 2.75) is 0 Å². The maximum atomic E-state index is 6.35. The molecule has 1 heterocycles. The number of rotatable bonds is 2. The highest BCUT2D eigenvalue weighted by Crippen LogP contribution is 2.42. The van der Waals surface area contributed by atoms with Crippen LogP contribution < -0.4 is 0 Å². The molecule has 3 aromatic rings. The van der Waals surface area contributed by atoms with Gasteiger partial charge >= 0.3 is 0 Å². The molecule has 0 spiro atoms. The van der Waals surface area contributed by atoms with Crippen LogP contribution in [0.2, 0.25) is 30.1 Å². The summed E-state index contributed by atoms with van der Waals surface area (Å²) in [6.07, 6.45) is 3.34. The quantitative estimate of drug-likeness (QED) is 0.367. The lowest BCUT2D eigenvalue weighted by atomic mass is 9.96. The van der Waals surface area contributed by atoms with Crippen molar-refractivity contribution in [3.63, 3.8) is 0 Å². The van der Waals surface area contributed by atoms with E-state index in [1.165, 1.54) is 0 Å². The van der Waals surface area contributed by atoms with E-state index in [2.05, 4.69) is 4.98 Å². The third-order valence-corrected chi connectivity index (χ3v) is 5.49. The van der Waals surface area contributed by atoms with Gasteiger partial charge in [0.1, 0.15) is 0 Å². The van der Waals surface area contributed by atoms with Gasteiger partial charge in [-0.1, -0.05) is 69.6 Å². The van der Waals surface area contributed by atoms with Gasteiger partial charge in [-0.05, 0) is 35.9 Å². The number of pyridine rings is 1. The third kappa shape index (κ3) is 3.48. The zero-order chi connectivity index (χ0) is 17.4. The highest BCUT2D eigenvalue weighted by Gasteiger charge is 2.16. The summed E-state index contributed by atoms with van der Waals surface area (Å²) < 4.78 is 0. The molecule has 24 heavy (non-hydrogen) atoms. The Balaban J connectivity index is 2.28. The molecule has 0 aliphatic carbocycles. The predicted molar refractivity (Wildman–Crippen MR) is 105 cm³/mol. The Morgan fingerprint density at radius 1 is 0.500 bits per heavy atom. The number of hydrogen-bond donors (Lipinski definition) is 0. The Morgan fingerprint density at radius 3 is 1.50 bits per heavy atom. The summed E-state index contributed by atoms with van der Waals surface area (Å²) in [7, 11) is 0. The van der Waals surface area contributed by atoms with Crippen LogP contribution in [0.3, 0.4) is 0 Å². The average molecular weight is 438 g/mol.